The van der Waals surface area contributed by atoms with Gasteiger partial charge in [-0.1, -0.05) is 20.8 Å². The molecule has 2 aromatic heterocycles. The van der Waals surface area contributed by atoms with Crippen LogP contribution in [0, 0.1) is 3.70 Å². The van der Waals surface area contributed by atoms with Crippen molar-refractivity contribution in [3.05, 3.63) is 27.5 Å². The molecule has 0 saturated carbocycles. The number of halogens is 8. The first-order chi connectivity index (χ1) is 10.6. The van der Waals surface area contributed by atoms with Gasteiger partial charge in [0.1, 0.15) is 21.4 Å². The van der Waals surface area contributed by atoms with Crippen molar-refractivity contribution < 1.29 is 30.7 Å². The summed E-state index contributed by atoms with van der Waals surface area (Å²) in [6, 6.07) is 0.442. The SMILES string of the molecule is CC(C)(C)c1nc2cc(C(F)(F)C(F)(F)C(F)(F)F)ncn2c1I. The molecule has 0 aliphatic rings. The molecule has 0 aromatic carbocycles. The van der Waals surface area contributed by atoms with Crippen LogP contribution in [0.4, 0.5) is 30.7 Å². The molecule has 134 valence electrons. The van der Waals surface area contributed by atoms with E-state index < -0.39 is 29.1 Å². The van der Waals surface area contributed by atoms with Crippen molar-refractivity contribution in [1.29, 1.82) is 0 Å². The van der Waals surface area contributed by atoms with Crippen LogP contribution in [-0.2, 0) is 11.3 Å². The number of hydrogen-bond acceptors (Lipinski definition) is 2. The second-order valence-corrected chi connectivity index (χ2v) is 7.17. The lowest BCUT2D eigenvalue weighted by atomic mass is 9.93. The van der Waals surface area contributed by atoms with Gasteiger partial charge in [-0.15, -0.1) is 0 Å². The molecule has 2 rings (SSSR count). The maximum atomic E-state index is 13.7. The van der Waals surface area contributed by atoms with E-state index in [4.69, 9.17) is 0 Å². The fourth-order valence-electron chi connectivity index (χ4n) is 1.91. The maximum absolute atomic E-state index is 13.7. The summed E-state index contributed by atoms with van der Waals surface area (Å²) in [5.74, 6) is -11.8. The second-order valence-electron chi connectivity index (χ2n) is 6.15. The predicted octanol–water partition coefficient (Wildman–Crippen LogP) is 4.92. The molecule has 0 bridgehead atoms. The Hall–Kier alpha value is -1.14. The van der Waals surface area contributed by atoms with E-state index in [1.165, 1.54) is 4.40 Å². The molecule has 0 aliphatic heterocycles. The molecule has 0 spiro atoms. The molecule has 0 aliphatic carbocycles. The minimum atomic E-state index is -6.41. The van der Waals surface area contributed by atoms with Crippen LogP contribution in [0.1, 0.15) is 32.2 Å². The highest BCUT2D eigenvalue weighted by atomic mass is 127. The predicted molar refractivity (Wildman–Crippen MR) is 79.3 cm³/mol. The minimum absolute atomic E-state index is 0.188. The molecule has 0 N–H and O–H groups in total. The highest BCUT2D eigenvalue weighted by Crippen LogP contribution is 2.51. The molecule has 0 radical (unpaired) electrons. The van der Waals surface area contributed by atoms with Crippen LogP contribution < -0.4 is 0 Å². The molecule has 0 saturated heterocycles. The zero-order valence-corrected chi connectivity index (χ0v) is 14.7. The van der Waals surface area contributed by atoms with Gasteiger partial charge in [-0.2, -0.15) is 30.7 Å². The van der Waals surface area contributed by atoms with E-state index in [9.17, 15) is 30.7 Å². The molecular formula is C13H11F7IN3. The molecule has 11 heteroatoms. The zero-order chi connectivity index (χ0) is 18.7. The van der Waals surface area contributed by atoms with E-state index in [0.717, 1.165) is 6.33 Å². The van der Waals surface area contributed by atoms with Crippen molar-refractivity contribution in [3.8, 4) is 0 Å². The fraction of sp³-hybridized carbons (Fsp3) is 0.538. The van der Waals surface area contributed by atoms with Crippen molar-refractivity contribution in [1.82, 2.24) is 14.4 Å². The Morgan fingerprint density at radius 1 is 1.00 bits per heavy atom. The van der Waals surface area contributed by atoms with Gasteiger partial charge in [0, 0.05) is 11.5 Å². The lowest BCUT2D eigenvalue weighted by Gasteiger charge is -2.27. The summed E-state index contributed by atoms with van der Waals surface area (Å²) in [7, 11) is 0. The van der Waals surface area contributed by atoms with Gasteiger partial charge >= 0.3 is 18.0 Å². The van der Waals surface area contributed by atoms with Gasteiger partial charge in [0.2, 0.25) is 0 Å². The average Bonchev–Trinajstić information content (AvgIpc) is 2.74. The summed E-state index contributed by atoms with van der Waals surface area (Å²) in [6.07, 6.45) is -5.65. The summed E-state index contributed by atoms with van der Waals surface area (Å²) in [6.45, 7) is 5.37. The van der Waals surface area contributed by atoms with Crippen molar-refractivity contribution in [2.24, 2.45) is 0 Å². The average molecular weight is 469 g/mol. The molecule has 24 heavy (non-hydrogen) atoms. The third-order valence-electron chi connectivity index (χ3n) is 3.24. The Balaban J connectivity index is 2.63. The highest BCUT2D eigenvalue weighted by Gasteiger charge is 2.74. The first-order valence-electron chi connectivity index (χ1n) is 6.47. The van der Waals surface area contributed by atoms with Gasteiger partial charge in [-0.3, -0.25) is 4.40 Å². The summed E-state index contributed by atoms with van der Waals surface area (Å²) in [5.41, 5.74) is -1.89. The largest absolute Gasteiger partial charge is 0.460 e. The zero-order valence-electron chi connectivity index (χ0n) is 12.5. The van der Waals surface area contributed by atoms with Crippen LogP contribution in [-0.4, -0.2) is 26.5 Å². The highest BCUT2D eigenvalue weighted by molar-refractivity contribution is 14.1. The molecule has 2 aromatic rings. The van der Waals surface area contributed by atoms with Crippen LogP contribution in [0.15, 0.2) is 12.4 Å². The van der Waals surface area contributed by atoms with Crippen LogP contribution in [0.3, 0.4) is 0 Å². The second kappa shape index (κ2) is 5.43. The Morgan fingerprint density at radius 2 is 1.54 bits per heavy atom. The number of rotatable bonds is 2. The third kappa shape index (κ3) is 2.84. The van der Waals surface area contributed by atoms with Gasteiger partial charge in [0.15, 0.2) is 0 Å². The van der Waals surface area contributed by atoms with E-state index in [2.05, 4.69) is 9.97 Å². The van der Waals surface area contributed by atoms with E-state index in [0.29, 0.717) is 15.5 Å². The van der Waals surface area contributed by atoms with Crippen LogP contribution in [0.2, 0.25) is 0 Å². The monoisotopic (exact) mass is 469 g/mol. The summed E-state index contributed by atoms with van der Waals surface area (Å²) in [5, 5.41) is 0. The number of nitrogens with zero attached hydrogens (tertiary/aromatic N) is 3. The smallest absolute Gasteiger partial charge is 0.278 e. The molecule has 0 atom stereocenters. The molecule has 3 nitrogen and oxygen atoms in total. The van der Waals surface area contributed by atoms with Crippen molar-refractivity contribution in [3.63, 3.8) is 0 Å². The topological polar surface area (TPSA) is 30.2 Å². The number of aromatic nitrogens is 3. The van der Waals surface area contributed by atoms with Crippen molar-refractivity contribution in [2.75, 3.05) is 0 Å². The Labute approximate surface area is 145 Å². The standard InChI is InChI=1S/C13H11F7IN3/c1-10(2,3)8-9(21)24-5-22-6(4-7(24)23-8)11(14,15)12(16,17)13(18,19)20/h4-5H,1-3H3. The van der Waals surface area contributed by atoms with Crippen molar-refractivity contribution >= 4 is 28.2 Å². The van der Waals surface area contributed by atoms with Gasteiger partial charge in [0.05, 0.1) is 5.69 Å². The first-order valence-corrected chi connectivity index (χ1v) is 7.55. The molecule has 2 heterocycles. The van der Waals surface area contributed by atoms with E-state index in [1.54, 1.807) is 20.8 Å². The molecule has 0 amide bonds. The van der Waals surface area contributed by atoms with Gasteiger partial charge in [0.25, 0.3) is 0 Å². The summed E-state index contributed by atoms with van der Waals surface area (Å²) < 4.78 is 92.3. The van der Waals surface area contributed by atoms with Gasteiger partial charge in [-0.25, -0.2) is 9.97 Å². The minimum Gasteiger partial charge on any atom is -0.278 e. The molecule has 0 fully saturated rings. The fourth-order valence-corrected chi connectivity index (χ4v) is 3.21. The normalized spacial score (nSPS) is 14.5. The van der Waals surface area contributed by atoms with Gasteiger partial charge in [-0.05, 0) is 22.6 Å². The Bertz CT molecular complexity index is 774. The van der Waals surface area contributed by atoms with Crippen LogP contribution >= 0.6 is 22.6 Å². The number of fused-ring (bicyclic) bond motifs is 1. The number of imidazole rings is 1. The lowest BCUT2D eigenvalue weighted by Crippen LogP contribution is -2.50. The Kier molecular flexibility index (Phi) is 4.34. The van der Waals surface area contributed by atoms with Crippen molar-refractivity contribution in [2.45, 2.75) is 44.2 Å². The molecule has 0 unspecified atom stereocenters. The molecular weight excluding hydrogens is 458 g/mol. The van der Waals surface area contributed by atoms with E-state index in [1.807, 2.05) is 22.6 Å². The summed E-state index contributed by atoms with van der Waals surface area (Å²) >= 11 is 1.87. The Morgan fingerprint density at radius 3 is 2.00 bits per heavy atom. The lowest BCUT2D eigenvalue weighted by molar-refractivity contribution is -0.360. The van der Waals surface area contributed by atoms with E-state index >= 15 is 0 Å². The summed E-state index contributed by atoms with van der Waals surface area (Å²) in [4.78, 5) is 7.16. The quantitative estimate of drug-likeness (QED) is 0.462. The van der Waals surface area contributed by atoms with Gasteiger partial charge < -0.3 is 0 Å². The van der Waals surface area contributed by atoms with E-state index in [-0.39, 0.29) is 5.65 Å². The third-order valence-corrected chi connectivity index (χ3v) is 4.27. The maximum Gasteiger partial charge on any atom is 0.460 e. The van der Waals surface area contributed by atoms with Crippen LogP contribution in [0.5, 0.6) is 0 Å². The van der Waals surface area contributed by atoms with Crippen LogP contribution in [0.25, 0.3) is 5.65 Å². The number of hydrogen-bond donors (Lipinski definition) is 0. The number of alkyl halides is 7. The first kappa shape index (κ1) is 19.2.